The van der Waals surface area contributed by atoms with Crippen LogP contribution in [0.25, 0.3) is 0 Å². The van der Waals surface area contributed by atoms with Gasteiger partial charge in [-0.2, -0.15) is 0 Å². The second-order valence-corrected chi connectivity index (χ2v) is 4.03. The molecule has 0 aliphatic rings. The molecule has 0 amide bonds. The summed E-state index contributed by atoms with van der Waals surface area (Å²) in [5.41, 5.74) is 2.88. The zero-order chi connectivity index (χ0) is 12.3. The first kappa shape index (κ1) is 11.3. The molecule has 0 aliphatic carbocycles. The molecule has 0 unspecified atom stereocenters. The van der Waals surface area contributed by atoms with Gasteiger partial charge in [-0.3, -0.25) is 0 Å². The fraction of sp³-hybridized carbons (Fsp3) is 0.143. The Kier molecular flexibility index (Phi) is 3.19. The van der Waals surface area contributed by atoms with Gasteiger partial charge in [0.1, 0.15) is 11.5 Å². The van der Waals surface area contributed by atoms with Crippen LogP contribution in [0.5, 0.6) is 11.5 Å². The minimum Gasteiger partial charge on any atom is -0.508 e. The highest BCUT2D eigenvalue weighted by atomic mass is 16.3. The first-order valence-corrected chi connectivity index (χ1v) is 5.46. The van der Waals surface area contributed by atoms with Crippen LogP contribution < -0.4 is 5.32 Å². The average Bonchev–Trinajstić information content (AvgIpc) is 2.32. The third kappa shape index (κ3) is 2.91. The number of hydrogen-bond donors (Lipinski definition) is 3. The molecule has 3 heteroatoms. The van der Waals surface area contributed by atoms with Gasteiger partial charge in [0.05, 0.1) is 0 Å². The molecule has 0 aromatic heterocycles. The number of phenolic OH excluding ortho intramolecular Hbond substituents is 2. The van der Waals surface area contributed by atoms with E-state index in [9.17, 15) is 5.11 Å². The highest BCUT2D eigenvalue weighted by molar-refractivity contribution is 5.47. The van der Waals surface area contributed by atoms with E-state index in [0.29, 0.717) is 12.3 Å². The van der Waals surface area contributed by atoms with E-state index in [-0.39, 0.29) is 5.75 Å². The lowest BCUT2D eigenvalue weighted by atomic mass is 10.1. The molecular weight excluding hydrogens is 214 g/mol. The molecule has 2 rings (SSSR count). The lowest BCUT2D eigenvalue weighted by molar-refractivity contribution is 0.469. The summed E-state index contributed by atoms with van der Waals surface area (Å²) in [5.74, 6) is 0.538. The van der Waals surface area contributed by atoms with Crippen molar-refractivity contribution < 1.29 is 10.2 Å². The normalized spacial score (nSPS) is 10.2. The predicted octanol–water partition coefficient (Wildman–Crippen LogP) is 3.02. The van der Waals surface area contributed by atoms with Gasteiger partial charge in [-0.05, 0) is 37.3 Å². The maximum absolute atomic E-state index is 9.68. The highest BCUT2D eigenvalue weighted by Crippen LogP contribution is 2.20. The number of rotatable bonds is 3. The molecule has 88 valence electrons. The van der Waals surface area contributed by atoms with Crippen molar-refractivity contribution in [2.75, 3.05) is 5.32 Å². The Labute approximate surface area is 100 Å². The monoisotopic (exact) mass is 229 g/mol. The summed E-state index contributed by atoms with van der Waals surface area (Å²) in [6.45, 7) is 2.54. The van der Waals surface area contributed by atoms with E-state index < -0.39 is 0 Å². The Morgan fingerprint density at radius 1 is 1.00 bits per heavy atom. The van der Waals surface area contributed by atoms with E-state index in [2.05, 4.69) is 5.32 Å². The second kappa shape index (κ2) is 4.78. The van der Waals surface area contributed by atoms with Crippen LogP contribution >= 0.6 is 0 Å². The number of anilines is 1. The summed E-state index contributed by atoms with van der Waals surface area (Å²) < 4.78 is 0. The zero-order valence-electron chi connectivity index (χ0n) is 9.64. The number of hydrogen-bond acceptors (Lipinski definition) is 3. The van der Waals surface area contributed by atoms with Crippen LogP contribution in [0.2, 0.25) is 0 Å². The molecule has 2 aromatic rings. The van der Waals surface area contributed by atoms with Gasteiger partial charge in [0, 0.05) is 17.8 Å². The van der Waals surface area contributed by atoms with Gasteiger partial charge in [-0.25, -0.2) is 0 Å². The van der Waals surface area contributed by atoms with E-state index in [1.165, 1.54) is 0 Å². The average molecular weight is 229 g/mol. The van der Waals surface area contributed by atoms with E-state index in [1.54, 1.807) is 30.3 Å². The van der Waals surface area contributed by atoms with Crippen LogP contribution in [0.1, 0.15) is 11.1 Å². The first-order valence-electron chi connectivity index (χ1n) is 5.46. The standard InChI is InChI=1S/C14H15NO2/c1-10-2-7-14(17)11(8-10)9-15-12-3-5-13(16)6-4-12/h2-8,15-17H,9H2,1H3. The van der Waals surface area contributed by atoms with Gasteiger partial charge in [0.25, 0.3) is 0 Å². The molecule has 0 bridgehead atoms. The second-order valence-electron chi connectivity index (χ2n) is 4.03. The molecule has 0 saturated heterocycles. The molecule has 0 spiro atoms. The van der Waals surface area contributed by atoms with E-state index in [0.717, 1.165) is 16.8 Å². The molecule has 2 aromatic carbocycles. The van der Waals surface area contributed by atoms with Gasteiger partial charge < -0.3 is 15.5 Å². The van der Waals surface area contributed by atoms with E-state index >= 15 is 0 Å². The molecule has 17 heavy (non-hydrogen) atoms. The van der Waals surface area contributed by atoms with Gasteiger partial charge in [-0.1, -0.05) is 17.7 Å². The number of aryl methyl sites for hydroxylation is 1. The van der Waals surface area contributed by atoms with Crippen molar-refractivity contribution in [2.45, 2.75) is 13.5 Å². The minimum atomic E-state index is 0.244. The third-order valence-electron chi connectivity index (χ3n) is 2.59. The van der Waals surface area contributed by atoms with Crippen molar-refractivity contribution in [3.63, 3.8) is 0 Å². The maximum atomic E-state index is 9.68. The Morgan fingerprint density at radius 2 is 1.71 bits per heavy atom. The minimum absolute atomic E-state index is 0.244. The zero-order valence-corrected chi connectivity index (χ0v) is 9.64. The molecule has 0 heterocycles. The largest absolute Gasteiger partial charge is 0.508 e. The molecule has 0 radical (unpaired) electrons. The van der Waals surface area contributed by atoms with Gasteiger partial charge in [0.2, 0.25) is 0 Å². The first-order chi connectivity index (χ1) is 8.15. The van der Waals surface area contributed by atoms with Crippen molar-refractivity contribution in [3.05, 3.63) is 53.6 Å². The van der Waals surface area contributed by atoms with E-state index in [1.807, 2.05) is 19.1 Å². The van der Waals surface area contributed by atoms with Crippen molar-refractivity contribution in [1.82, 2.24) is 0 Å². The van der Waals surface area contributed by atoms with Crippen LogP contribution in [0.3, 0.4) is 0 Å². The van der Waals surface area contributed by atoms with Crippen LogP contribution in [0, 0.1) is 6.92 Å². The van der Waals surface area contributed by atoms with Gasteiger partial charge in [0.15, 0.2) is 0 Å². The molecule has 3 nitrogen and oxygen atoms in total. The summed E-state index contributed by atoms with van der Waals surface area (Å²) in [5, 5.41) is 22.0. The smallest absolute Gasteiger partial charge is 0.120 e. The summed E-state index contributed by atoms with van der Waals surface area (Å²) in [6.07, 6.45) is 0. The van der Waals surface area contributed by atoms with Crippen LogP contribution in [-0.4, -0.2) is 10.2 Å². The van der Waals surface area contributed by atoms with Gasteiger partial charge in [-0.15, -0.1) is 0 Å². The summed E-state index contributed by atoms with van der Waals surface area (Å²) in [7, 11) is 0. The van der Waals surface area contributed by atoms with Crippen LogP contribution in [0.4, 0.5) is 5.69 Å². The molecule has 0 atom stereocenters. The summed E-state index contributed by atoms with van der Waals surface area (Å²) >= 11 is 0. The molecular formula is C14H15NO2. The number of benzene rings is 2. The topological polar surface area (TPSA) is 52.5 Å². The maximum Gasteiger partial charge on any atom is 0.120 e. The molecule has 3 N–H and O–H groups in total. The Balaban J connectivity index is 2.07. The number of nitrogens with one attached hydrogen (secondary N) is 1. The number of aromatic hydroxyl groups is 2. The van der Waals surface area contributed by atoms with Gasteiger partial charge >= 0.3 is 0 Å². The van der Waals surface area contributed by atoms with Crippen LogP contribution in [0.15, 0.2) is 42.5 Å². The van der Waals surface area contributed by atoms with Crippen molar-refractivity contribution in [3.8, 4) is 11.5 Å². The lowest BCUT2D eigenvalue weighted by Crippen LogP contribution is -1.99. The van der Waals surface area contributed by atoms with Crippen molar-refractivity contribution in [1.29, 1.82) is 0 Å². The van der Waals surface area contributed by atoms with E-state index in [4.69, 9.17) is 5.11 Å². The Morgan fingerprint density at radius 3 is 2.41 bits per heavy atom. The number of phenols is 2. The Hall–Kier alpha value is -2.16. The molecule has 0 aliphatic heterocycles. The van der Waals surface area contributed by atoms with Crippen LogP contribution in [-0.2, 0) is 6.54 Å². The molecule has 0 fully saturated rings. The summed E-state index contributed by atoms with van der Waals surface area (Å²) in [6, 6.07) is 12.4. The highest BCUT2D eigenvalue weighted by Gasteiger charge is 2.01. The van der Waals surface area contributed by atoms with Crippen molar-refractivity contribution in [2.24, 2.45) is 0 Å². The predicted molar refractivity (Wildman–Crippen MR) is 68.3 cm³/mol. The quantitative estimate of drug-likeness (QED) is 0.709. The SMILES string of the molecule is Cc1ccc(O)c(CNc2ccc(O)cc2)c1. The Bertz CT molecular complexity index is 506. The molecule has 0 saturated carbocycles. The third-order valence-corrected chi connectivity index (χ3v) is 2.59. The fourth-order valence-corrected chi connectivity index (χ4v) is 1.63. The van der Waals surface area contributed by atoms with Crippen molar-refractivity contribution >= 4 is 5.69 Å². The fourth-order valence-electron chi connectivity index (χ4n) is 1.63. The summed E-state index contributed by atoms with van der Waals surface area (Å²) in [4.78, 5) is 0. The lowest BCUT2D eigenvalue weighted by Gasteiger charge is -2.09.